The topological polar surface area (TPSA) is 52.0 Å². The first kappa shape index (κ1) is 12.6. The summed E-state index contributed by atoms with van der Waals surface area (Å²) in [4.78, 5) is 4.45. The number of para-hydroxylation sites is 2. The van der Waals surface area contributed by atoms with Gasteiger partial charge < -0.3 is 10.2 Å². The highest BCUT2D eigenvalue weighted by Crippen LogP contribution is 2.21. The Morgan fingerprint density at radius 1 is 1.16 bits per heavy atom. The first-order valence-electron chi connectivity index (χ1n) is 6.08. The average molecular weight is 364 g/mol. The minimum absolute atomic E-state index is 0.0946. The molecular formula is C15H13IN2O. The van der Waals surface area contributed by atoms with Crippen LogP contribution in [0.3, 0.4) is 0 Å². The molecule has 0 fully saturated rings. The Hall–Kier alpha value is -1.40. The fourth-order valence-electron chi connectivity index (χ4n) is 2.05. The third kappa shape index (κ3) is 2.79. The molecule has 96 valence electrons. The van der Waals surface area contributed by atoms with Crippen molar-refractivity contribution in [2.45, 2.75) is 12.5 Å². The number of nitrogens with two attached hydrogens (primary N) is 1. The van der Waals surface area contributed by atoms with E-state index in [1.54, 1.807) is 0 Å². The molecule has 2 N–H and O–H groups in total. The molecule has 0 saturated heterocycles. The number of hydrogen-bond donors (Lipinski definition) is 1. The van der Waals surface area contributed by atoms with E-state index in [1.807, 2.05) is 36.4 Å². The highest BCUT2D eigenvalue weighted by molar-refractivity contribution is 14.1. The molecule has 0 spiro atoms. The fourth-order valence-corrected chi connectivity index (χ4v) is 2.62. The zero-order valence-electron chi connectivity index (χ0n) is 10.2. The van der Waals surface area contributed by atoms with Gasteiger partial charge in [0.25, 0.3) is 0 Å². The van der Waals surface area contributed by atoms with Crippen LogP contribution in [-0.2, 0) is 6.42 Å². The Bertz CT molecular complexity index is 675. The van der Waals surface area contributed by atoms with Crippen LogP contribution in [0.25, 0.3) is 11.1 Å². The van der Waals surface area contributed by atoms with Crippen molar-refractivity contribution in [2.24, 2.45) is 5.73 Å². The van der Waals surface area contributed by atoms with Gasteiger partial charge in [0.15, 0.2) is 11.5 Å². The molecule has 3 nitrogen and oxygen atoms in total. The van der Waals surface area contributed by atoms with Crippen LogP contribution in [0, 0.1) is 3.57 Å². The van der Waals surface area contributed by atoms with E-state index < -0.39 is 0 Å². The fraction of sp³-hybridized carbons (Fsp3) is 0.133. The molecule has 0 aliphatic carbocycles. The lowest BCUT2D eigenvalue weighted by molar-refractivity contribution is 0.502. The smallest absolute Gasteiger partial charge is 0.197 e. The van der Waals surface area contributed by atoms with Crippen molar-refractivity contribution in [1.29, 1.82) is 0 Å². The summed E-state index contributed by atoms with van der Waals surface area (Å²) >= 11 is 2.29. The number of rotatable bonds is 3. The number of nitrogens with zero attached hydrogens (tertiary/aromatic N) is 1. The summed E-state index contributed by atoms with van der Waals surface area (Å²) in [5.74, 6) is 0.688. The van der Waals surface area contributed by atoms with Crippen LogP contribution in [0.2, 0.25) is 0 Å². The van der Waals surface area contributed by atoms with Gasteiger partial charge >= 0.3 is 0 Å². The van der Waals surface area contributed by atoms with E-state index >= 15 is 0 Å². The van der Waals surface area contributed by atoms with Gasteiger partial charge in [0, 0.05) is 16.0 Å². The first-order chi connectivity index (χ1) is 9.22. The predicted molar refractivity (Wildman–Crippen MR) is 83.8 cm³/mol. The molecule has 1 unspecified atom stereocenters. The van der Waals surface area contributed by atoms with Crippen LogP contribution in [-0.4, -0.2) is 4.98 Å². The van der Waals surface area contributed by atoms with Gasteiger partial charge in [-0.1, -0.05) is 24.3 Å². The van der Waals surface area contributed by atoms with Crippen molar-refractivity contribution in [3.8, 4) is 0 Å². The predicted octanol–water partition coefficient (Wildman–Crippen LogP) is 3.67. The van der Waals surface area contributed by atoms with Gasteiger partial charge in [-0.05, 0) is 52.4 Å². The van der Waals surface area contributed by atoms with E-state index in [2.05, 4.69) is 39.7 Å². The van der Waals surface area contributed by atoms with E-state index in [-0.39, 0.29) is 6.04 Å². The normalized spacial score (nSPS) is 12.7. The Kier molecular flexibility index (Phi) is 3.52. The number of aromatic nitrogens is 1. The Morgan fingerprint density at radius 3 is 2.79 bits per heavy atom. The van der Waals surface area contributed by atoms with Crippen LogP contribution < -0.4 is 5.73 Å². The van der Waals surface area contributed by atoms with Crippen LogP contribution >= 0.6 is 22.6 Å². The summed E-state index contributed by atoms with van der Waals surface area (Å²) in [7, 11) is 0. The van der Waals surface area contributed by atoms with Crippen LogP contribution in [0.1, 0.15) is 17.5 Å². The monoisotopic (exact) mass is 364 g/mol. The van der Waals surface area contributed by atoms with Gasteiger partial charge in [0.05, 0.1) is 0 Å². The Morgan fingerprint density at radius 2 is 2.00 bits per heavy atom. The van der Waals surface area contributed by atoms with Crippen molar-refractivity contribution in [2.75, 3.05) is 0 Å². The molecule has 0 bridgehead atoms. The number of halogens is 1. The minimum atomic E-state index is -0.0946. The van der Waals surface area contributed by atoms with E-state index in [9.17, 15) is 0 Å². The van der Waals surface area contributed by atoms with Gasteiger partial charge in [0.2, 0.25) is 0 Å². The first-order valence-corrected chi connectivity index (χ1v) is 7.16. The molecule has 2 aromatic carbocycles. The molecule has 4 heteroatoms. The SMILES string of the molecule is NC(Cc1nc2ccccc2o1)c1cccc(I)c1. The third-order valence-electron chi connectivity index (χ3n) is 3.01. The van der Waals surface area contributed by atoms with Gasteiger partial charge in [-0.25, -0.2) is 4.98 Å². The summed E-state index contributed by atoms with van der Waals surface area (Å²) in [6.45, 7) is 0. The molecule has 19 heavy (non-hydrogen) atoms. The zero-order valence-corrected chi connectivity index (χ0v) is 12.4. The van der Waals surface area contributed by atoms with E-state index in [4.69, 9.17) is 10.2 Å². The minimum Gasteiger partial charge on any atom is -0.441 e. The summed E-state index contributed by atoms with van der Waals surface area (Å²) in [5.41, 5.74) is 9.01. The maximum Gasteiger partial charge on any atom is 0.197 e. The largest absolute Gasteiger partial charge is 0.441 e. The molecule has 0 saturated carbocycles. The van der Waals surface area contributed by atoms with Crippen LogP contribution in [0.4, 0.5) is 0 Å². The zero-order chi connectivity index (χ0) is 13.2. The third-order valence-corrected chi connectivity index (χ3v) is 3.68. The van der Waals surface area contributed by atoms with E-state index in [0.29, 0.717) is 12.3 Å². The molecule has 3 aromatic rings. The molecule has 1 heterocycles. The lowest BCUT2D eigenvalue weighted by atomic mass is 10.1. The molecule has 0 aliphatic rings. The van der Waals surface area contributed by atoms with Crippen LogP contribution in [0.15, 0.2) is 52.9 Å². The lowest BCUT2D eigenvalue weighted by Crippen LogP contribution is -2.13. The average Bonchev–Trinajstić information content (AvgIpc) is 2.80. The van der Waals surface area contributed by atoms with Gasteiger partial charge in [0.1, 0.15) is 5.52 Å². The van der Waals surface area contributed by atoms with Crippen molar-refractivity contribution in [3.05, 3.63) is 63.6 Å². The van der Waals surface area contributed by atoms with Gasteiger partial charge in [-0.2, -0.15) is 0 Å². The number of hydrogen-bond acceptors (Lipinski definition) is 3. The summed E-state index contributed by atoms with van der Waals surface area (Å²) in [6, 6.07) is 15.9. The standard InChI is InChI=1S/C15H13IN2O/c16-11-5-3-4-10(8-11)12(17)9-15-18-13-6-1-2-7-14(13)19-15/h1-8,12H,9,17H2. The second kappa shape index (κ2) is 5.30. The Labute approximate surface area is 125 Å². The maximum atomic E-state index is 6.21. The molecule has 1 aromatic heterocycles. The van der Waals surface area contributed by atoms with E-state index in [1.165, 1.54) is 3.57 Å². The van der Waals surface area contributed by atoms with Crippen molar-refractivity contribution < 1.29 is 4.42 Å². The quantitative estimate of drug-likeness (QED) is 0.722. The molecule has 0 radical (unpaired) electrons. The van der Waals surface area contributed by atoms with Crippen molar-refractivity contribution in [1.82, 2.24) is 4.98 Å². The lowest BCUT2D eigenvalue weighted by Gasteiger charge is -2.09. The van der Waals surface area contributed by atoms with Gasteiger partial charge in [-0.3, -0.25) is 0 Å². The highest BCUT2D eigenvalue weighted by atomic mass is 127. The maximum absolute atomic E-state index is 6.21. The number of oxazole rings is 1. The molecule has 0 aliphatic heterocycles. The molecule has 1 atom stereocenters. The van der Waals surface area contributed by atoms with E-state index in [0.717, 1.165) is 16.7 Å². The van der Waals surface area contributed by atoms with Crippen molar-refractivity contribution >= 4 is 33.7 Å². The summed E-state index contributed by atoms with van der Waals surface area (Å²) < 4.78 is 6.88. The number of fused-ring (bicyclic) bond motifs is 1. The molecular weight excluding hydrogens is 351 g/mol. The Balaban J connectivity index is 1.84. The molecule has 3 rings (SSSR count). The summed E-state index contributed by atoms with van der Waals surface area (Å²) in [6.07, 6.45) is 0.606. The second-order valence-corrected chi connectivity index (χ2v) is 5.69. The second-order valence-electron chi connectivity index (χ2n) is 4.44. The molecule has 0 amide bonds. The summed E-state index contributed by atoms with van der Waals surface area (Å²) in [5, 5.41) is 0. The highest BCUT2D eigenvalue weighted by Gasteiger charge is 2.12. The number of benzene rings is 2. The van der Waals surface area contributed by atoms with Crippen molar-refractivity contribution in [3.63, 3.8) is 0 Å². The van der Waals surface area contributed by atoms with Gasteiger partial charge in [-0.15, -0.1) is 0 Å². The van der Waals surface area contributed by atoms with Crippen LogP contribution in [0.5, 0.6) is 0 Å².